The maximum absolute atomic E-state index is 13.6. The number of carbonyl (C=O) groups is 1. The van der Waals surface area contributed by atoms with E-state index in [1.54, 1.807) is 24.3 Å². The van der Waals surface area contributed by atoms with Gasteiger partial charge in [-0.3, -0.25) is 4.79 Å². The number of ether oxygens (including phenoxy) is 3. The predicted octanol–water partition coefficient (Wildman–Crippen LogP) is 0.878. The van der Waals surface area contributed by atoms with Crippen molar-refractivity contribution in [3.63, 3.8) is 0 Å². The van der Waals surface area contributed by atoms with Gasteiger partial charge in [0.05, 0.1) is 20.8 Å². The Hall–Kier alpha value is -3.71. The average Bonchev–Trinajstić information content (AvgIpc) is 2.84. The number of oxime groups is 1. The predicted molar refractivity (Wildman–Crippen MR) is 126 cm³/mol. The Morgan fingerprint density at radius 1 is 1.09 bits per heavy atom. The first-order chi connectivity index (χ1) is 16.7. The molecule has 0 spiro atoms. The van der Waals surface area contributed by atoms with Crippen molar-refractivity contribution < 1.29 is 37.4 Å². The number of nitrogens with two attached hydrogens (primary N) is 2. The molecule has 12 nitrogen and oxygen atoms in total. The summed E-state index contributed by atoms with van der Waals surface area (Å²) in [6.45, 7) is 0.400. The zero-order valence-electron chi connectivity index (χ0n) is 19.3. The van der Waals surface area contributed by atoms with Gasteiger partial charge in [0.2, 0.25) is 16.0 Å². The smallest absolute Gasteiger partial charge is 0.322 e. The lowest BCUT2D eigenvalue weighted by molar-refractivity contribution is -0.141. The number of methoxy groups -OCH3 is 2. The van der Waals surface area contributed by atoms with Crippen LogP contribution in [0.4, 0.5) is 0 Å². The van der Waals surface area contributed by atoms with Gasteiger partial charge in [-0.25, -0.2) is 8.42 Å². The summed E-state index contributed by atoms with van der Waals surface area (Å²) < 4.78 is 44.3. The van der Waals surface area contributed by atoms with Gasteiger partial charge in [0.15, 0.2) is 0 Å². The molecule has 0 radical (unpaired) electrons. The molecular formula is C22H28N4O8S. The molecule has 0 amide bonds. The molecule has 3 rings (SSSR count). The van der Waals surface area contributed by atoms with Crippen molar-refractivity contribution in [2.45, 2.75) is 30.3 Å². The van der Waals surface area contributed by atoms with Crippen LogP contribution in [0.15, 0.2) is 46.4 Å². The summed E-state index contributed by atoms with van der Waals surface area (Å²) in [4.78, 5) is 16.8. The summed E-state index contributed by atoms with van der Waals surface area (Å²) in [6, 6.07) is 8.20. The van der Waals surface area contributed by atoms with Crippen LogP contribution in [0.25, 0.3) is 0 Å². The van der Waals surface area contributed by atoms with E-state index in [0.29, 0.717) is 30.1 Å². The van der Waals surface area contributed by atoms with E-state index in [9.17, 15) is 18.3 Å². The number of fused-ring (bicyclic) bond motifs is 1. The highest BCUT2D eigenvalue weighted by molar-refractivity contribution is 7.89. The third-order valence-corrected chi connectivity index (χ3v) is 7.20. The van der Waals surface area contributed by atoms with Crippen molar-refractivity contribution >= 4 is 22.0 Å². The molecule has 5 N–H and O–H groups in total. The van der Waals surface area contributed by atoms with Crippen molar-refractivity contribution in [3.05, 3.63) is 47.5 Å². The maximum atomic E-state index is 13.6. The molecular weight excluding hydrogens is 480 g/mol. The average molecular weight is 509 g/mol. The van der Waals surface area contributed by atoms with E-state index >= 15 is 0 Å². The Morgan fingerprint density at radius 2 is 1.83 bits per heavy atom. The lowest BCUT2D eigenvalue weighted by atomic mass is 9.95. The van der Waals surface area contributed by atoms with Gasteiger partial charge in [0.25, 0.3) is 0 Å². The molecule has 0 saturated carbocycles. The first-order valence-corrected chi connectivity index (χ1v) is 12.0. The summed E-state index contributed by atoms with van der Waals surface area (Å²) in [7, 11) is -1.52. The summed E-state index contributed by atoms with van der Waals surface area (Å²) in [6.07, 6.45) is 0.508. The topological polar surface area (TPSA) is 176 Å². The summed E-state index contributed by atoms with van der Waals surface area (Å²) >= 11 is 0. The first kappa shape index (κ1) is 25.9. The van der Waals surface area contributed by atoms with Crippen molar-refractivity contribution in [1.29, 1.82) is 0 Å². The highest BCUT2D eigenvalue weighted by atomic mass is 32.2. The van der Waals surface area contributed by atoms with E-state index in [0.717, 1.165) is 9.87 Å². The summed E-state index contributed by atoms with van der Waals surface area (Å²) in [5, 5.41) is 13.2. The molecule has 2 aromatic carbocycles. The van der Waals surface area contributed by atoms with Crippen molar-refractivity contribution in [1.82, 2.24) is 4.31 Å². The number of carboxylic acid groups (broad SMARTS) is 1. The van der Waals surface area contributed by atoms with Gasteiger partial charge in [0.1, 0.15) is 34.8 Å². The van der Waals surface area contributed by atoms with Crippen LogP contribution in [-0.2, 0) is 32.6 Å². The molecule has 0 aromatic heterocycles. The van der Waals surface area contributed by atoms with Crippen LogP contribution >= 0.6 is 0 Å². The normalized spacial score (nSPS) is 15.5. The zero-order chi connectivity index (χ0) is 25.6. The minimum Gasteiger partial charge on any atom is -0.497 e. The Bertz CT molecular complexity index is 1200. The molecule has 190 valence electrons. The molecule has 0 aliphatic carbocycles. The minimum atomic E-state index is -4.26. The van der Waals surface area contributed by atoms with E-state index in [4.69, 9.17) is 30.5 Å². The van der Waals surface area contributed by atoms with Crippen molar-refractivity contribution in [3.8, 4) is 17.2 Å². The molecule has 0 fully saturated rings. The van der Waals surface area contributed by atoms with Crippen LogP contribution in [0.3, 0.4) is 0 Å². The van der Waals surface area contributed by atoms with E-state index in [-0.39, 0.29) is 36.2 Å². The Kier molecular flexibility index (Phi) is 8.25. The lowest BCUT2D eigenvalue weighted by Gasteiger charge is -2.34. The van der Waals surface area contributed by atoms with Crippen molar-refractivity contribution in [2.75, 3.05) is 27.4 Å². The van der Waals surface area contributed by atoms with Gasteiger partial charge in [-0.2, -0.15) is 4.31 Å². The number of benzene rings is 2. The first-order valence-electron chi connectivity index (χ1n) is 10.6. The number of nitrogens with zero attached hydrogens (tertiary/aromatic N) is 2. The summed E-state index contributed by atoms with van der Waals surface area (Å²) in [5.74, 6) is -0.530. The molecule has 1 heterocycles. The van der Waals surface area contributed by atoms with Crippen LogP contribution in [0, 0.1) is 0 Å². The third kappa shape index (κ3) is 6.05. The second-order valence-corrected chi connectivity index (χ2v) is 9.47. The fraction of sp³-hybridized carbons (Fsp3) is 0.364. The SMILES string of the molecule is COc1ccc(OC)c(S(=O)(=O)N2Cc3cc(OCCCON=C(N)N)ccc3CC2C(=O)O)c1. The molecule has 1 unspecified atom stereocenters. The van der Waals surface area contributed by atoms with Gasteiger partial charge in [-0.1, -0.05) is 6.07 Å². The van der Waals surface area contributed by atoms with E-state index in [1.165, 1.54) is 26.4 Å². The van der Waals surface area contributed by atoms with Gasteiger partial charge in [0, 0.05) is 25.5 Å². The molecule has 1 aliphatic rings. The van der Waals surface area contributed by atoms with Crippen LogP contribution < -0.4 is 25.7 Å². The molecule has 0 saturated heterocycles. The van der Waals surface area contributed by atoms with E-state index in [1.807, 2.05) is 0 Å². The Labute approximate surface area is 203 Å². The number of aliphatic carboxylic acids is 1. The standard InChI is InChI=1S/C22H28N4O8S/c1-31-16-6-7-19(32-2)20(12-16)35(29,30)26-13-15-10-17(33-8-3-9-34-25-22(23)24)5-4-14(15)11-18(26)21(27)28/h4-7,10,12,18H,3,8-9,11,13H2,1-2H3,(H,27,28)(H4,23,24,25). The Morgan fingerprint density at radius 3 is 2.49 bits per heavy atom. The maximum Gasteiger partial charge on any atom is 0.322 e. The highest BCUT2D eigenvalue weighted by Gasteiger charge is 2.41. The fourth-order valence-corrected chi connectivity index (χ4v) is 5.37. The van der Waals surface area contributed by atoms with Crippen molar-refractivity contribution in [2.24, 2.45) is 16.6 Å². The minimum absolute atomic E-state index is 0.00279. The van der Waals surface area contributed by atoms with Crippen LogP contribution in [0.1, 0.15) is 17.5 Å². The van der Waals surface area contributed by atoms with Gasteiger partial charge >= 0.3 is 5.97 Å². The highest BCUT2D eigenvalue weighted by Crippen LogP contribution is 2.36. The fourth-order valence-electron chi connectivity index (χ4n) is 3.64. The van der Waals surface area contributed by atoms with Crippen LogP contribution in [0.2, 0.25) is 0 Å². The quantitative estimate of drug-likeness (QED) is 0.171. The monoisotopic (exact) mass is 508 g/mol. The molecule has 13 heteroatoms. The van der Waals surface area contributed by atoms with Gasteiger partial charge < -0.3 is 35.6 Å². The van der Waals surface area contributed by atoms with Gasteiger partial charge in [-0.05, 0) is 40.5 Å². The second kappa shape index (κ2) is 11.1. The second-order valence-electron chi connectivity index (χ2n) is 7.61. The van der Waals surface area contributed by atoms with Gasteiger partial charge in [-0.15, -0.1) is 0 Å². The number of hydrogen-bond donors (Lipinski definition) is 3. The molecule has 2 aromatic rings. The number of guanidine groups is 1. The number of rotatable bonds is 11. The number of hydrogen-bond acceptors (Lipinski definition) is 8. The molecule has 1 atom stereocenters. The van der Waals surface area contributed by atoms with E-state index < -0.39 is 22.0 Å². The van der Waals surface area contributed by atoms with E-state index in [2.05, 4.69) is 5.16 Å². The third-order valence-electron chi connectivity index (χ3n) is 5.33. The lowest BCUT2D eigenvalue weighted by Crippen LogP contribution is -2.48. The molecule has 35 heavy (non-hydrogen) atoms. The van der Waals surface area contributed by atoms with Crippen LogP contribution in [-0.4, -0.2) is 63.2 Å². The summed E-state index contributed by atoms with van der Waals surface area (Å²) in [5.41, 5.74) is 11.7. The van der Waals surface area contributed by atoms with Crippen LogP contribution in [0.5, 0.6) is 17.2 Å². The zero-order valence-corrected chi connectivity index (χ0v) is 20.2. The number of carboxylic acids is 1. The molecule has 1 aliphatic heterocycles. The molecule has 0 bridgehead atoms. The largest absolute Gasteiger partial charge is 0.497 e. The number of sulfonamides is 1. The Balaban J connectivity index is 1.85.